The molecule has 0 saturated heterocycles. The van der Waals surface area contributed by atoms with E-state index >= 15 is 0 Å². The first-order chi connectivity index (χ1) is 14.4. The van der Waals surface area contributed by atoms with E-state index < -0.39 is 0 Å². The van der Waals surface area contributed by atoms with Gasteiger partial charge in [-0.15, -0.1) is 21.5 Å². The Hall–Kier alpha value is -2.67. The second-order valence-electron chi connectivity index (χ2n) is 8.61. The van der Waals surface area contributed by atoms with Gasteiger partial charge in [0.25, 0.3) is 0 Å². The predicted molar refractivity (Wildman–Crippen MR) is 125 cm³/mol. The lowest BCUT2D eigenvalue weighted by Gasteiger charge is -2.20. The largest absolute Gasteiger partial charge is 0.364 e. The van der Waals surface area contributed by atoms with E-state index in [1.165, 1.54) is 22.7 Å². The highest BCUT2D eigenvalue weighted by atomic mass is 32.1. The highest BCUT2D eigenvalue weighted by Crippen LogP contribution is 2.28. The number of unbranched alkanes of at least 4 members (excludes halogenated alkanes) is 1. The van der Waals surface area contributed by atoms with E-state index in [2.05, 4.69) is 72.9 Å². The minimum atomic E-state index is -0.101. The van der Waals surface area contributed by atoms with Crippen LogP contribution in [0.15, 0.2) is 30.5 Å². The molecule has 0 radical (unpaired) electrons. The molecule has 4 rings (SSSR count). The summed E-state index contributed by atoms with van der Waals surface area (Å²) in [5.41, 5.74) is 2.65. The van der Waals surface area contributed by atoms with E-state index in [9.17, 15) is 0 Å². The van der Waals surface area contributed by atoms with Crippen LogP contribution in [-0.2, 0) is 5.41 Å². The molecule has 0 bridgehead atoms. The zero-order chi connectivity index (χ0) is 21.3. The number of nitrogens with one attached hydrogen (secondary N) is 1. The molecule has 0 aromatic carbocycles. The summed E-state index contributed by atoms with van der Waals surface area (Å²) >= 11 is 1.83. The molecule has 0 spiro atoms. The third-order valence-electron chi connectivity index (χ3n) is 5.26. The molecule has 0 amide bonds. The van der Waals surface area contributed by atoms with Crippen molar-refractivity contribution in [1.29, 1.82) is 0 Å². The van der Waals surface area contributed by atoms with Crippen LogP contribution in [0.4, 0.5) is 5.00 Å². The molecule has 0 fully saturated rings. The van der Waals surface area contributed by atoms with Gasteiger partial charge in [-0.2, -0.15) is 9.61 Å². The van der Waals surface area contributed by atoms with Crippen molar-refractivity contribution in [3.05, 3.63) is 46.3 Å². The van der Waals surface area contributed by atoms with Crippen molar-refractivity contribution in [3.8, 4) is 11.5 Å². The number of nitrogens with zero attached hydrogens (tertiary/aromatic N) is 5. The number of anilines is 1. The summed E-state index contributed by atoms with van der Waals surface area (Å²) in [6, 6.07) is 8.38. The minimum Gasteiger partial charge on any atom is -0.364 e. The summed E-state index contributed by atoms with van der Waals surface area (Å²) in [5.74, 6) is 0.740. The van der Waals surface area contributed by atoms with E-state index in [0.717, 1.165) is 41.2 Å². The normalized spacial score (nSPS) is 12.9. The molecule has 1 N–H and O–H groups in total. The highest BCUT2D eigenvalue weighted by molar-refractivity contribution is 7.16. The molecule has 0 atom stereocenters. The quantitative estimate of drug-likeness (QED) is 0.471. The van der Waals surface area contributed by atoms with Crippen LogP contribution >= 0.6 is 11.3 Å². The van der Waals surface area contributed by atoms with Gasteiger partial charge in [0.15, 0.2) is 5.65 Å². The molecular weight excluding hydrogens is 392 g/mol. The molecule has 4 heterocycles. The number of hydrogen-bond acceptors (Lipinski definition) is 5. The molecular formula is C23H30N6S. The van der Waals surface area contributed by atoms with E-state index in [1.807, 2.05) is 34.2 Å². The summed E-state index contributed by atoms with van der Waals surface area (Å²) in [7, 11) is 0. The number of fused-ring (bicyclic) bond motifs is 1. The smallest absolute Gasteiger partial charge is 0.201 e. The molecule has 6 nitrogen and oxygen atoms in total. The van der Waals surface area contributed by atoms with Crippen molar-refractivity contribution < 1.29 is 0 Å². The van der Waals surface area contributed by atoms with Gasteiger partial charge in [0.2, 0.25) is 5.82 Å². The lowest BCUT2D eigenvalue weighted by molar-refractivity contribution is 0.559. The Kier molecular flexibility index (Phi) is 5.64. The molecule has 4 aromatic heterocycles. The van der Waals surface area contributed by atoms with Gasteiger partial charge in [0.05, 0.1) is 16.4 Å². The first kappa shape index (κ1) is 20.6. The molecule has 30 heavy (non-hydrogen) atoms. The van der Waals surface area contributed by atoms with Crippen molar-refractivity contribution in [2.75, 3.05) is 18.0 Å². The molecule has 0 aliphatic rings. The summed E-state index contributed by atoms with van der Waals surface area (Å²) in [6.07, 6.45) is 6.54. The van der Waals surface area contributed by atoms with Gasteiger partial charge < -0.3 is 9.88 Å². The molecule has 0 unspecified atom stereocenters. The van der Waals surface area contributed by atoms with E-state index in [4.69, 9.17) is 5.10 Å². The van der Waals surface area contributed by atoms with Crippen molar-refractivity contribution in [2.45, 2.75) is 52.9 Å². The van der Waals surface area contributed by atoms with E-state index in [1.54, 1.807) is 0 Å². The van der Waals surface area contributed by atoms with Gasteiger partial charge in [-0.25, -0.2) is 0 Å². The van der Waals surface area contributed by atoms with Crippen LogP contribution in [0.2, 0.25) is 0 Å². The number of aromatic amines is 1. The Balaban J connectivity index is 1.81. The number of hydrogen-bond donors (Lipinski definition) is 1. The maximum Gasteiger partial charge on any atom is 0.201 e. The Labute approximate surface area is 181 Å². The van der Waals surface area contributed by atoms with E-state index in [0.29, 0.717) is 0 Å². The summed E-state index contributed by atoms with van der Waals surface area (Å²) < 4.78 is 1.87. The van der Waals surface area contributed by atoms with Gasteiger partial charge in [0.1, 0.15) is 0 Å². The van der Waals surface area contributed by atoms with Crippen LogP contribution in [0.1, 0.15) is 58.0 Å². The maximum atomic E-state index is 4.93. The SMILES string of the molecule is CCCCN(CC)c1ccc(/C=c2/c(C(C)(C)C)nn3c(-c4ccc[nH]4)nnc23)s1. The van der Waals surface area contributed by atoms with Crippen LogP contribution in [0.25, 0.3) is 23.2 Å². The van der Waals surface area contributed by atoms with Gasteiger partial charge >= 0.3 is 0 Å². The maximum absolute atomic E-state index is 4.93. The minimum absolute atomic E-state index is 0.101. The van der Waals surface area contributed by atoms with Crippen LogP contribution in [0.5, 0.6) is 0 Å². The van der Waals surface area contributed by atoms with Crippen molar-refractivity contribution in [1.82, 2.24) is 24.8 Å². The molecule has 4 aromatic rings. The second kappa shape index (κ2) is 8.22. The Morgan fingerprint density at radius 3 is 2.67 bits per heavy atom. The molecule has 7 heteroatoms. The summed E-state index contributed by atoms with van der Waals surface area (Å²) in [5, 5.41) is 16.2. The fraction of sp³-hybridized carbons (Fsp3) is 0.435. The Morgan fingerprint density at radius 2 is 2.00 bits per heavy atom. The number of H-pyrrole nitrogens is 1. The summed E-state index contributed by atoms with van der Waals surface area (Å²) in [6.45, 7) is 13.2. The van der Waals surface area contributed by atoms with Gasteiger partial charge in [-0.05, 0) is 43.7 Å². The Morgan fingerprint density at radius 1 is 1.17 bits per heavy atom. The third-order valence-corrected chi connectivity index (χ3v) is 6.35. The standard InChI is InChI=1S/C23H30N6S/c1-6-8-14-28(7-2)19-12-11-16(30-19)15-17-20(23(3,4)5)27-29-21(17)25-26-22(29)18-10-9-13-24-18/h9-13,15,24H,6-8,14H2,1-5H3/b17-15-. The summed E-state index contributed by atoms with van der Waals surface area (Å²) in [4.78, 5) is 6.88. The zero-order valence-corrected chi connectivity index (χ0v) is 19.3. The Bertz CT molecular complexity index is 1160. The van der Waals surface area contributed by atoms with Gasteiger partial charge in [-0.1, -0.05) is 34.1 Å². The molecule has 158 valence electrons. The average Bonchev–Trinajstić information content (AvgIpc) is 3.47. The zero-order valence-electron chi connectivity index (χ0n) is 18.4. The highest BCUT2D eigenvalue weighted by Gasteiger charge is 2.24. The van der Waals surface area contributed by atoms with Crippen LogP contribution in [0, 0.1) is 0 Å². The first-order valence-corrected chi connectivity index (χ1v) is 11.5. The fourth-order valence-electron chi connectivity index (χ4n) is 3.63. The van der Waals surface area contributed by atoms with Crippen LogP contribution < -0.4 is 10.1 Å². The molecule has 0 aliphatic heterocycles. The van der Waals surface area contributed by atoms with Crippen LogP contribution in [0.3, 0.4) is 0 Å². The number of rotatable bonds is 7. The monoisotopic (exact) mass is 422 g/mol. The molecule has 0 saturated carbocycles. The predicted octanol–water partition coefficient (Wildman–Crippen LogP) is 4.65. The van der Waals surface area contributed by atoms with E-state index in [-0.39, 0.29) is 5.41 Å². The third kappa shape index (κ3) is 3.86. The first-order valence-electron chi connectivity index (χ1n) is 10.7. The number of aromatic nitrogens is 5. The molecule has 0 aliphatic carbocycles. The second-order valence-corrected chi connectivity index (χ2v) is 9.70. The van der Waals surface area contributed by atoms with Gasteiger partial charge in [0, 0.05) is 34.8 Å². The topological polar surface area (TPSA) is 62.1 Å². The van der Waals surface area contributed by atoms with Crippen LogP contribution in [-0.4, -0.2) is 37.9 Å². The fourth-order valence-corrected chi connectivity index (χ4v) is 4.67. The van der Waals surface area contributed by atoms with Crippen molar-refractivity contribution in [3.63, 3.8) is 0 Å². The lowest BCUT2D eigenvalue weighted by atomic mass is 9.91. The lowest BCUT2D eigenvalue weighted by Crippen LogP contribution is -2.22. The van der Waals surface area contributed by atoms with Crippen molar-refractivity contribution in [2.24, 2.45) is 0 Å². The number of thiophene rings is 1. The van der Waals surface area contributed by atoms with Crippen molar-refractivity contribution >= 4 is 28.1 Å². The van der Waals surface area contributed by atoms with Gasteiger partial charge in [-0.3, -0.25) is 0 Å². The average molecular weight is 423 g/mol.